The van der Waals surface area contributed by atoms with Crippen molar-refractivity contribution in [3.05, 3.63) is 29.8 Å². The first-order valence-corrected chi connectivity index (χ1v) is 6.57. The lowest BCUT2D eigenvalue weighted by atomic mass is 10.2. The van der Waals surface area contributed by atoms with Crippen LogP contribution in [0.1, 0.15) is 31.1 Å². The van der Waals surface area contributed by atoms with E-state index in [9.17, 15) is 0 Å². The van der Waals surface area contributed by atoms with Gasteiger partial charge in [-0.15, -0.1) is 12.4 Å². The molecule has 0 spiro atoms. The predicted molar refractivity (Wildman–Crippen MR) is 76.7 cm³/mol. The molecule has 4 nitrogen and oxygen atoms in total. The van der Waals surface area contributed by atoms with Gasteiger partial charge in [0.15, 0.2) is 6.29 Å². The Kier molecular flexibility index (Phi) is 7.16. The summed E-state index contributed by atoms with van der Waals surface area (Å²) < 4.78 is 5.61. The molecular formula is C14H22ClNO3. The van der Waals surface area contributed by atoms with Crippen molar-refractivity contribution in [2.24, 2.45) is 0 Å². The highest BCUT2D eigenvalue weighted by Crippen LogP contribution is 2.16. The van der Waals surface area contributed by atoms with E-state index >= 15 is 0 Å². The third kappa shape index (κ3) is 5.37. The van der Waals surface area contributed by atoms with Crippen LogP contribution in [0, 0.1) is 0 Å². The number of hydrogen-bond acceptors (Lipinski definition) is 4. The summed E-state index contributed by atoms with van der Waals surface area (Å²) in [5.41, 5.74) is 0.486. The van der Waals surface area contributed by atoms with Crippen LogP contribution in [0.25, 0.3) is 0 Å². The van der Waals surface area contributed by atoms with Gasteiger partial charge in [-0.3, -0.25) is 0 Å². The zero-order valence-electron chi connectivity index (χ0n) is 11.0. The van der Waals surface area contributed by atoms with Crippen molar-refractivity contribution in [2.45, 2.75) is 25.6 Å². The highest BCUT2D eigenvalue weighted by atomic mass is 35.5. The van der Waals surface area contributed by atoms with Gasteiger partial charge in [-0.1, -0.05) is 12.1 Å². The Morgan fingerprint density at radius 3 is 2.32 bits per heavy atom. The molecule has 1 saturated heterocycles. The maximum absolute atomic E-state index is 8.96. The summed E-state index contributed by atoms with van der Waals surface area (Å²) in [6, 6.07) is 6.87. The van der Waals surface area contributed by atoms with E-state index in [1.807, 2.05) is 0 Å². The van der Waals surface area contributed by atoms with Crippen LogP contribution in [0.4, 0.5) is 0 Å². The van der Waals surface area contributed by atoms with Crippen LogP contribution in [0.15, 0.2) is 24.3 Å². The minimum Gasteiger partial charge on any atom is -0.494 e. The number of benzene rings is 1. The molecule has 108 valence electrons. The second kappa shape index (κ2) is 8.38. The quantitative estimate of drug-likeness (QED) is 0.620. The maximum atomic E-state index is 8.96. The summed E-state index contributed by atoms with van der Waals surface area (Å²) in [6.45, 7) is 4.26. The number of hydrogen-bond donors (Lipinski definition) is 2. The summed E-state index contributed by atoms with van der Waals surface area (Å²) in [5, 5.41) is 17.9. The van der Waals surface area contributed by atoms with Crippen LogP contribution < -0.4 is 4.74 Å². The van der Waals surface area contributed by atoms with E-state index in [0.29, 0.717) is 12.2 Å². The topological polar surface area (TPSA) is 52.9 Å². The molecule has 0 aliphatic carbocycles. The van der Waals surface area contributed by atoms with Gasteiger partial charge in [0.1, 0.15) is 5.75 Å². The van der Waals surface area contributed by atoms with Crippen molar-refractivity contribution in [2.75, 3.05) is 26.2 Å². The minimum atomic E-state index is -1.41. The molecule has 1 aliphatic rings. The largest absolute Gasteiger partial charge is 0.494 e. The van der Waals surface area contributed by atoms with Crippen molar-refractivity contribution in [1.82, 2.24) is 4.90 Å². The third-order valence-corrected chi connectivity index (χ3v) is 3.26. The summed E-state index contributed by atoms with van der Waals surface area (Å²) >= 11 is 0. The molecule has 0 amide bonds. The molecule has 1 aromatic carbocycles. The van der Waals surface area contributed by atoms with Crippen molar-refractivity contribution >= 4 is 12.4 Å². The van der Waals surface area contributed by atoms with Crippen LogP contribution in [-0.2, 0) is 0 Å². The number of rotatable bonds is 6. The molecule has 1 aliphatic heterocycles. The molecule has 0 radical (unpaired) electrons. The Labute approximate surface area is 120 Å². The van der Waals surface area contributed by atoms with E-state index in [-0.39, 0.29) is 12.4 Å². The maximum Gasteiger partial charge on any atom is 0.178 e. The minimum absolute atomic E-state index is 0. The molecule has 1 aromatic rings. The Morgan fingerprint density at radius 2 is 1.74 bits per heavy atom. The van der Waals surface area contributed by atoms with Crippen LogP contribution in [0.5, 0.6) is 5.75 Å². The van der Waals surface area contributed by atoms with Gasteiger partial charge in [-0.2, -0.15) is 0 Å². The number of halogens is 1. The Bertz CT molecular complexity index is 350. The van der Waals surface area contributed by atoms with E-state index in [4.69, 9.17) is 14.9 Å². The van der Waals surface area contributed by atoms with Gasteiger partial charge in [0.25, 0.3) is 0 Å². The molecule has 0 atom stereocenters. The normalized spacial score (nSPS) is 15.5. The molecule has 0 saturated carbocycles. The van der Waals surface area contributed by atoms with E-state index < -0.39 is 6.29 Å². The van der Waals surface area contributed by atoms with Crippen molar-refractivity contribution in [1.29, 1.82) is 0 Å². The zero-order valence-corrected chi connectivity index (χ0v) is 11.8. The molecule has 0 aromatic heterocycles. The molecule has 2 N–H and O–H groups in total. The molecule has 0 unspecified atom stereocenters. The van der Waals surface area contributed by atoms with Crippen LogP contribution >= 0.6 is 12.4 Å². The summed E-state index contributed by atoms with van der Waals surface area (Å²) in [6.07, 6.45) is 2.27. The number of nitrogens with zero attached hydrogens (tertiary/aromatic N) is 1. The number of aliphatic hydroxyl groups excluding tert-OH is 1. The average molecular weight is 288 g/mol. The first kappa shape index (κ1) is 16.2. The zero-order chi connectivity index (χ0) is 12.8. The smallest absolute Gasteiger partial charge is 0.178 e. The Hall–Kier alpha value is -0.810. The second-order valence-electron chi connectivity index (χ2n) is 4.69. The van der Waals surface area contributed by atoms with Gasteiger partial charge in [-0.05, 0) is 44.5 Å². The standard InChI is InChI=1S/C14H21NO3.ClH/c16-14(17)12-4-6-13(7-5-12)18-11-3-10-15-8-1-2-9-15;/h4-7,14,16-17H,1-3,8-11H2;1H. The van der Waals surface area contributed by atoms with Crippen LogP contribution in [-0.4, -0.2) is 41.4 Å². The van der Waals surface area contributed by atoms with Crippen molar-refractivity contribution in [3.63, 3.8) is 0 Å². The van der Waals surface area contributed by atoms with Gasteiger partial charge >= 0.3 is 0 Å². The number of aliphatic hydroxyl groups is 2. The fourth-order valence-corrected chi connectivity index (χ4v) is 2.22. The predicted octanol–water partition coefficient (Wildman–Crippen LogP) is 1.96. The third-order valence-electron chi connectivity index (χ3n) is 3.26. The molecule has 1 heterocycles. The van der Waals surface area contributed by atoms with E-state index in [1.165, 1.54) is 25.9 Å². The van der Waals surface area contributed by atoms with Gasteiger partial charge in [0, 0.05) is 12.1 Å². The number of likely N-dealkylation sites (tertiary alicyclic amines) is 1. The SMILES string of the molecule is Cl.OC(O)c1ccc(OCCCN2CCCC2)cc1. The first-order chi connectivity index (χ1) is 8.75. The van der Waals surface area contributed by atoms with Gasteiger partial charge in [0.2, 0.25) is 0 Å². The van der Waals surface area contributed by atoms with Gasteiger partial charge in [-0.25, -0.2) is 0 Å². The van der Waals surface area contributed by atoms with E-state index in [2.05, 4.69) is 4.90 Å². The molecular weight excluding hydrogens is 266 g/mol. The fourth-order valence-electron chi connectivity index (χ4n) is 2.22. The molecule has 2 rings (SSSR count). The average Bonchev–Trinajstić information content (AvgIpc) is 2.88. The van der Waals surface area contributed by atoms with E-state index in [1.54, 1.807) is 24.3 Å². The lowest BCUT2D eigenvalue weighted by Crippen LogP contribution is -2.21. The number of ether oxygens (including phenoxy) is 1. The van der Waals surface area contributed by atoms with Gasteiger partial charge < -0.3 is 19.8 Å². The van der Waals surface area contributed by atoms with Crippen LogP contribution in [0.3, 0.4) is 0 Å². The molecule has 5 heteroatoms. The van der Waals surface area contributed by atoms with Crippen molar-refractivity contribution < 1.29 is 14.9 Å². The summed E-state index contributed by atoms with van der Waals surface area (Å²) in [5.74, 6) is 0.779. The highest BCUT2D eigenvalue weighted by molar-refractivity contribution is 5.85. The molecule has 0 bridgehead atoms. The first-order valence-electron chi connectivity index (χ1n) is 6.57. The monoisotopic (exact) mass is 287 g/mol. The van der Waals surface area contributed by atoms with Crippen LogP contribution in [0.2, 0.25) is 0 Å². The van der Waals surface area contributed by atoms with Gasteiger partial charge in [0.05, 0.1) is 6.61 Å². The lowest BCUT2D eigenvalue weighted by molar-refractivity contribution is -0.0425. The van der Waals surface area contributed by atoms with E-state index in [0.717, 1.165) is 18.7 Å². The highest BCUT2D eigenvalue weighted by Gasteiger charge is 2.10. The Morgan fingerprint density at radius 1 is 1.11 bits per heavy atom. The lowest BCUT2D eigenvalue weighted by Gasteiger charge is -2.14. The summed E-state index contributed by atoms with van der Waals surface area (Å²) in [4.78, 5) is 2.47. The second-order valence-corrected chi connectivity index (χ2v) is 4.69. The molecule has 1 fully saturated rings. The summed E-state index contributed by atoms with van der Waals surface area (Å²) in [7, 11) is 0. The van der Waals surface area contributed by atoms with Crippen molar-refractivity contribution in [3.8, 4) is 5.75 Å². The Balaban J connectivity index is 0.00000180. The molecule has 19 heavy (non-hydrogen) atoms. The fraction of sp³-hybridized carbons (Fsp3) is 0.571.